The van der Waals surface area contributed by atoms with Crippen molar-refractivity contribution in [3.63, 3.8) is 0 Å². The first-order chi connectivity index (χ1) is 11.0. The molecule has 0 aromatic heterocycles. The van der Waals surface area contributed by atoms with Crippen molar-refractivity contribution in [2.75, 3.05) is 18.6 Å². The Balaban J connectivity index is 2.53. The predicted molar refractivity (Wildman–Crippen MR) is 90.3 cm³/mol. The molecule has 0 aliphatic carbocycles. The van der Waals surface area contributed by atoms with Gasteiger partial charge in [0.15, 0.2) is 0 Å². The minimum atomic E-state index is -0.973. The number of hydrogen-bond acceptors (Lipinski definition) is 4. The molecule has 126 valence electrons. The van der Waals surface area contributed by atoms with Crippen molar-refractivity contribution in [2.24, 2.45) is 0 Å². The number of nitrogens with one attached hydrogen (secondary N) is 2. The summed E-state index contributed by atoms with van der Waals surface area (Å²) in [4.78, 5) is 34.7. The number of carbonyl (C=O) groups is 3. The highest BCUT2D eigenvalue weighted by molar-refractivity contribution is 7.98. The number of benzene rings is 1. The Labute approximate surface area is 140 Å². The number of thioether (sulfide) groups is 1. The molecule has 0 heterocycles. The fraction of sp³-hybridized carbons (Fsp3) is 0.438. The van der Waals surface area contributed by atoms with Gasteiger partial charge in [0.25, 0.3) is 0 Å². The average Bonchev–Trinajstić information content (AvgIpc) is 2.51. The summed E-state index contributed by atoms with van der Waals surface area (Å²) in [5.41, 5.74) is 0.875. The van der Waals surface area contributed by atoms with Crippen LogP contribution in [-0.2, 0) is 20.8 Å². The monoisotopic (exact) mass is 338 g/mol. The van der Waals surface area contributed by atoms with Crippen LogP contribution in [0.5, 0.6) is 0 Å². The van der Waals surface area contributed by atoms with E-state index in [1.165, 1.54) is 0 Å². The molecule has 1 unspecified atom stereocenters. The van der Waals surface area contributed by atoms with Gasteiger partial charge in [-0.25, -0.2) is 0 Å². The first-order valence-electron chi connectivity index (χ1n) is 7.34. The lowest BCUT2D eigenvalue weighted by Gasteiger charge is -2.18. The highest BCUT2D eigenvalue weighted by atomic mass is 32.2. The predicted octanol–water partition coefficient (Wildman–Crippen LogP) is 1.06. The largest absolute Gasteiger partial charge is 0.481 e. The van der Waals surface area contributed by atoms with E-state index in [-0.39, 0.29) is 31.2 Å². The van der Waals surface area contributed by atoms with Gasteiger partial charge in [-0.15, -0.1) is 0 Å². The maximum atomic E-state index is 12.1. The zero-order valence-corrected chi connectivity index (χ0v) is 13.9. The molecule has 7 heteroatoms. The summed E-state index contributed by atoms with van der Waals surface area (Å²) in [7, 11) is 0. The maximum Gasteiger partial charge on any atom is 0.305 e. The number of carbonyl (C=O) groups excluding carboxylic acids is 2. The Hall–Kier alpha value is -2.02. The fourth-order valence-electron chi connectivity index (χ4n) is 1.95. The molecule has 0 aliphatic heterocycles. The van der Waals surface area contributed by atoms with Gasteiger partial charge in [0.05, 0.1) is 12.8 Å². The molecule has 0 bridgehead atoms. The topological polar surface area (TPSA) is 95.5 Å². The van der Waals surface area contributed by atoms with Crippen LogP contribution in [0.25, 0.3) is 0 Å². The van der Waals surface area contributed by atoms with Crippen molar-refractivity contribution >= 4 is 29.5 Å². The average molecular weight is 338 g/mol. The maximum absolute atomic E-state index is 12.1. The Bertz CT molecular complexity index is 522. The van der Waals surface area contributed by atoms with Gasteiger partial charge in [-0.3, -0.25) is 14.4 Å². The van der Waals surface area contributed by atoms with Crippen molar-refractivity contribution in [3.05, 3.63) is 35.9 Å². The Morgan fingerprint density at radius 2 is 1.91 bits per heavy atom. The van der Waals surface area contributed by atoms with Gasteiger partial charge in [-0.2, -0.15) is 11.8 Å². The number of aliphatic carboxylic acids is 1. The molecule has 0 saturated heterocycles. The van der Waals surface area contributed by atoms with Crippen LogP contribution < -0.4 is 10.6 Å². The van der Waals surface area contributed by atoms with Crippen LogP contribution in [0.1, 0.15) is 18.4 Å². The molecule has 3 N–H and O–H groups in total. The van der Waals surface area contributed by atoms with Crippen molar-refractivity contribution < 1.29 is 19.5 Å². The van der Waals surface area contributed by atoms with E-state index in [9.17, 15) is 14.4 Å². The normalized spacial score (nSPS) is 11.5. The molecule has 1 rings (SSSR count). The molecule has 0 radical (unpaired) electrons. The number of amides is 2. The van der Waals surface area contributed by atoms with Crippen LogP contribution in [0.4, 0.5) is 0 Å². The molecule has 0 fully saturated rings. The third-order valence-corrected chi connectivity index (χ3v) is 3.75. The zero-order valence-electron chi connectivity index (χ0n) is 13.1. The van der Waals surface area contributed by atoms with Gasteiger partial charge < -0.3 is 15.7 Å². The first-order valence-corrected chi connectivity index (χ1v) is 8.74. The number of carboxylic acids is 1. The van der Waals surface area contributed by atoms with Crippen LogP contribution in [0.15, 0.2) is 30.3 Å². The highest BCUT2D eigenvalue weighted by Crippen LogP contribution is 2.04. The molecule has 0 aliphatic rings. The van der Waals surface area contributed by atoms with Crippen molar-refractivity contribution in [3.8, 4) is 0 Å². The number of rotatable bonds is 10. The van der Waals surface area contributed by atoms with Crippen LogP contribution in [0.2, 0.25) is 0 Å². The summed E-state index contributed by atoms with van der Waals surface area (Å²) < 4.78 is 0. The van der Waals surface area contributed by atoms with Gasteiger partial charge in [0.1, 0.15) is 6.04 Å². The van der Waals surface area contributed by atoms with Gasteiger partial charge >= 0.3 is 5.97 Å². The second kappa shape index (κ2) is 10.7. The van der Waals surface area contributed by atoms with Gasteiger partial charge in [0.2, 0.25) is 11.8 Å². The van der Waals surface area contributed by atoms with Gasteiger partial charge in [-0.05, 0) is 24.0 Å². The Kier molecular flexibility index (Phi) is 8.82. The van der Waals surface area contributed by atoms with Gasteiger partial charge in [-0.1, -0.05) is 30.3 Å². The third kappa shape index (κ3) is 8.25. The lowest BCUT2D eigenvalue weighted by atomic mass is 10.1. The first kappa shape index (κ1) is 19.0. The summed E-state index contributed by atoms with van der Waals surface area (Å²) in [5, 5.41) is 13.9. The van der Waals surface area contributed by atoms with Crippen molar-refractivity contribution in [2.45, 2.75) is 25.3 Å². The summed E-state index contributed by atoms with van der Waals surface area (Å²) in [6.07, 6.45) is 2.49. The van der Waals surface area contributed by atoms with E-state index in [0.29, 0.717) is 6.42 Å². The lowest BCUT2D eigenvalue weighted by Crippen LogP contribution is -2.47. The third-order valence-electron chi connectivity index (χ3n) is 3.11. The standard InChI is InChI=1S/C16H22N2O4S/c1-23-10-8-13(16(22)17-9-7-15(20)21)18-14(19)11-12-5-3-2-4-6-12/h2-6,13H,7-11H2,1H3,(H,17,22)(H,18,19)(H,20,21). The van der Waals surface area contributed by atoms with Crippen molar-refractivity contribution in [1.82, 2.24) is 10.6 Å². The van der Waals surface area contributed by atoms with E-state index in [1.54, 1.807) is 11.8 Å². The quantitative estimate of drug-likeness (QED) is 0.593. The second-order valence-electron chi connectivity index (χ2n) is 5.00. The van der Waals surface area contributed by atoms with Crippen LogP contribution in [-0.4, -0.2) is 47.5 Å². The van der Waals surface area contributed by atoms with Gasteiger partial charge in [0, 0.05) is 6.54 Å². The smallest absolute Gasteiger partial charge is 0.305 e. The molecule has 1 atom stereocenters. The number of carboxylic acid groups (broad SMARTS) is 1. The minimum absolute atomic E-state index is 0.0541. The summed E-state index contributed by atoms with van der Waals surface area (Å²) in [5.74, 6) is -0.820. The number of hydrogen-bond donors (Lipinski definition) is 3. The fourth-order valence-corrected chi connectivity index (χ4v) is 2.42. The molecular formula is C16H22N2O4S. The summed E-state index contributed by atoms with van der Waals surface area (Å²) in [6, 6.07) is 8.64. The van der Waals surface area contributed by atoms with Crippen molar-refractivity contribution in [1.29, 1.82) is 0 Å². The van der Waals surface area contributed by atoms with Crippen LogP contribution >= 0.6 is 11.8 Å². The minimum Gasteiger partial charge on any atom is -0.481 e. The van der Waals surface area contributed by atoms with Crippen LogP contribution in [0, 0.1) is 0 Å². The molecule has 0 spiro atoms. The molecule has 23 heavy (non-hydrogen) atoms. The Morgan fingerprint density at radius 1 is 1.22 bits per heavy atom. The van der Waals surface area contributed by atoms with E-state index in [0.717, 1.165) is 11.3 Å². The molecule has 0 saturated carbocycles. The molecule has 2 amide bonds. The van der Waals surface area contributed by atoms with E-state index >= 15 is 0 Å². The highest BCUT2D eigenvalue weighted by Gasteiger charge is 2.20. The molecule has 1 aromatic rings. The van der Waals surface area contributed by atoms with E-state index in [4.69, 9.17) is 5.11 Å². The van der Waals surface area contributed by atoms with E-state index < -0.39 is 12.0 Å². The summed E-state index contributed by atoms with van der Waals surface area (Å²) in [6.45, 7) is 0.0541. The Morgan fingerprint density at radius 3 is 2.52 bits per heavy atom. The zero-order chi connectivity index (χ0) is 17.1. The summed E-state index contributed by atoms with van der Waals surface area (Å²) >= 11 is 1.58. The molecular weight excluding hydrogens is 316 g/mol. The molecule has 1 aromatic carbocycles. The van der Waals surface area contributed by atoms with Crippen LogP contribution in [0.3, 0.4) is 0 Å². The lowest BCUT2D eigenvalue weighted by molar-refractivity contribution is -0.137. The SMILES string of the molecule is CSCCC(NC(=O)Cc1ccccc1)C(=O)NCCC(=O)O. The van der Waals surface area contributed by atoms with E-state index in [1.807, 2.05) is 36.6 Å². The molecule has 6 nitrogen and oxygen atoms in total. The van der Waals surface area contributed by atoms with E-state index in [2.05, 4.69) is 10.6 Å². The second-order valence-corrected chi connectivity index (χ2v) is 5.98.